The van der Waals surface area contributed by atoms with Crippen LogP contribution >= 0.6 is 0 Å². The van der Waals surface area contributed by atoms with E-state index in [0.717, 1.165) is 18.3 Å². The summed E-state index contributed by atoms with van der Waals surface area (Å²) in [6.45, 7) is 3.16. The van der Waals surface area contributed by atoms with Gasteiger partial charge >= 0.3 is 5.97 Å². The minimum atomic E-state index is -0.316. The molecule has 1 aromatic heterocycles. The number of nitrogens with zero attached hydrogens (tertiary/aromatic N) is 1. The number of anilines is 1. The molecule has 2 rings (SSSR count). The molecule has 1 heterocycles. The summed E-state index contributed by atoms with van der Waals surface area (Å²) in [6.07, 6.45) is 4.18. The Morgan fingerprint density at radius 2 is 2.38 bits per heavy atom. The van der Waals surface area contributed by atoms with Crippen LogP contribution < -0.4 is 5.32 Å². The number of rotatable bonds is 5. The van der Waals surface area contributed by atoms with Gasteiger partial charge in [-0.25, -0.2) is 9.78 Å². The summed E-state index contributed by atoms with van der Waals surface area (Å²) in [4.78, 5) is 15.5. The number of esters is 1. The molecule has 0 amide bonds. The lowest BCUT2D eigenvalue weighted by molar-refractivity contribution is 0.0526. The standard InChI is InChI=1S/C12H16N2O2/c1-2-16-12(15)10-5-6-11(14-8-10)13-7-9-3-4-9/h5-6,8-9H,2-4,7H2,1H3,(H,13,14). The van der Waals surface area contributed by atoms with Gasteiger partial charge in [0.15, 0.2) is 0 Å². The number of pyridine rings is 1. The van der Waals surface area contributed by atoms with E-state index in [1.54, 1.807) is 19.2 Å². The lowest BCUT2D eigenvalue weighted by Gasteiger charge is -2.05. The van der Waals surface area contributed by atoms with E-state index in [4.69, 9.17) is 4.74 Å². The summed E-state index contributed by atoms with van der Waals surface area (Å²) in [6, 6.07) is 3.55. The smallest absolute Gasteiger partial charge is 0.339 e. The zero-order valence-corrected chi connectivity index (χ0v) is 9.40. The van der Waals surface area contributed by atoms with Crippen molar-refractivity contribution < 1.29 is 9.53 Å². The van der Waals surface area contributed by atoms with Gasteiger partial charge in [-0.05, 0) is 37.8 Å². The van der Waals surface area contributed by atoms with Crippen LogP contribution in [-0.4, -0.2) is 24.1 Å². The zero-order chi connectivity index (χ0) is 11.4. The quantitative estimate of drug-likeness (QED) is 0.772. The molecule has 1 aromatic rings. The molecule has 0 spiro atoms. The molecule has 1 aliphatic carbocycles. The van der Waals surface area contributed by atoms with Gasteiger partial charge in [-0.3, -0.25) is 0 Å². The Kier molecular flexibility index (Phi) is 3.39. The van der Waals surface area contributed by atoms with Crippen molar-refractivity contribution in [2.24, 2.45) is 5.92 Å². The number of ether oxygens (including phenoxy) is 1. The Morgan fingerprint density at radius 3 is 2.94 bits per heavy atom. The van der Waals surface area contributed by atoms with E-state index in [0.29, 0.717) is 12.2 Å². The monoisotopic (exact) mass is 220 g/mol. The van der Waals surface area contributed by atoms with Crippen LogP contribution in [0.15, 0.2) is 18.3 Å². The van der Waals surface area contributed by atoms with Gasteiger partial charge in [0.05, 0.1) is 12.2 Å². The van der Waals surface area contributed by atoms with Crippen LogP contribution in [0.4, 0.5) is 5.82 Å². The second-order valence-electron chi connectivity index (χ2n) is 3.98. The summed E-state index contributed by atoms with van der Waals surface area (Å²) in [5.74, 6) is 1.32. The molecule has 0 aromatic carbocycles. The first-order valence-electron chi connectivity index (χ1n) is 5.66. The van der Waals surface area contributed by atoms with Gasteiger partial charge in [0, 0.05) is 12.7 Å². The van der Waals surface area contributed by atoms with Crippen molar-refractivity contribution in [2.45, 2.75) is 19.8 Å². The first-order chi connectivity index (χ1) is 7.79. The van der Waals surface area contributed by atoms with Gasteiger partial charge in [-0.15, -0.1) is 0 Å². The molecule has 0 radical (unpaired) electrons. The summed E-state index contributed by atoms with van der Waals surface area (Å²) in [5, 5.41) is 3.24. The number of carbonyl (C=O) groups is 1. The highest BCUT2D eigenvalue weighted by molar-refractivity contribution is 5.89. The summed E-state index contributed by atoms with van der Waals surface area (Å²) in [7, 11) is 0. The summed E-state index contributed by atoms with van der Waals surface area (Å²) < 4.78 is 4.88. The van der Waals surface area contributed by atoms with Crippen LogP contribution in [0.25, 0.3) is 0 Å². The lowest BCUT2D eigenvalue weighted by Crippen LogP contribution is -2.07. The van der Waals surface area contributed by atoms with Crippen LogP contribution in [0.3, 0.4) is 0 Å². The third-order valence-electron chi connectivity index (χ3n) is 2.54. The Balaban J connectivity index is 1.89. The van der Waals surface area contributed by atoms with Crippen LogP contribution in [0, 0.1) is 5.92 Å². The highest BCUT2D eigenvalue weighted by Gasteiger charge is 2.20. The predicted molar refractivity (Wildman–Crippen MR) is 61.4 cm³/mol. The third-order valence-corrected chi connectivity index (χ3v) is 2.54. The van der Waals surface area contributed by atoms with Gasteiger partial charge in [0.2, 0.25) is 0 Å². The molecular weight excluding hydrogens is 204 g/mol. The van der Waals surface area contributed by atoms with Crippen molar-refractivity contribution in [3.8, 4) is 0 Å². The number of aromatic nitrogens is 1. The van der Waals surface area contributed by atoms with Crippen molar-refractivity contribution in [1.82, 2.24) is 4.98 Å². The van der Waals surface area contributed by atoms with Gasteiger partial charge < -0.3 is 10.1 Å². The highest BCUT2D eigenvalue weighted by Crippen LogP contribution is 2.28. The molecule has 0 aliphatic heterocycles. The molecule has 4 nitrogen and oxygen atoms in total. The fourth-order valence-electron chi connectivity index (χ4n) is 1.40. The highest BCUT2D eigenvalue weighted by atomic mass is 16.5. The third kappa shape index (κ3) is 2.95. The fraction of sp³-hybridized carbons (Fsp3) is 0.500. The Bertz CT molecular complexity index is 358. The molecule has 0 saturated heterocycles. The van der Waals surface area contributed by atoms with Crippen molar-refractivity contribution in [1.29, 1.82) is 0 Å². The fourth-order valence-corrected chi connectivity index (χ4v) is 1.40. The molecule has 0 bridgehead atoms. The number of carbonyl (C=O) groups excluding carboxylic acids is 1. The zero-order valence-electron chi connectivity index (χ0n) is 9.40. The summed E-state index contributed by atoms with van der Waals surface area (Å²) >= 11 is 0. The molecule has 0 unspecified atom stereocenters. The molecule has 0 atom stereocenters. The molecule has 1 aliphatic rings. The first-order valence-corrected chi connectivity index (χ1v) is 5.66. The average Bonchev–Trinajstić information content (AvgIpc) is 3.11. The van der Waals surface area contributed by atoms with Gasteiger partial charge in [0.25, 0.3) is 0 Å². The molecule has 1 saturated carbocycles. The van der Waals surface area contributed by atoms with E-state index in [1.165, 1.54) is 12.8 Å². The number of nitrogens with one attached hydrogen (secondary N) is 1. The van der Waals surface area contributed by atoms with Crippen molar-refractivity contribution in [2.75, 3.05) is 18.5 Å². The molecule has 4 heteroatoms. The predicted octanol–water partition coefficient (Wildman–Crippen LogP) is 2.08. The largest absolute Gasteiger partial charge is 0.462 e. The number of hydrogen-bond acceptors (Lipinski definition) is 4. The maximum atomic E-state index is 11.3. The van der Waals surface area contributed by atoms with Gasteiger partial charge in [-0.2, -0.15) is 0 Å². The maximum Gasteiger partial charge on any atom is 0.339 e. The van der Waals surface area contributed by atoms with Crippen molar-refractivity contribution >= 4 is 11.8 Å². The van der Waals surface area contributed by atoms with E-state index < -0.39 is 0 Å². The number of hydrogen-bond donors (Lipinski definition) is 1. The van der Waals surface area contributed by atoms with Crippen LogP contribution in [0.5, 0.6) is 0 Å². The SMILES string of the molecule is CCOC(=O)c1ccc(NCC2CC2)nc1. The van der Waals surface area contributed by atoms with E-state index in [-0.39, 0.29) is 5.97 Å². The topological polar surface area (TPSA) is 51.2 Å². The van der Waals surface area contributed by atoms with Crippen molar-refractivity contribution in [3.05, 3.63) is 23.9 Å². The van der Waals surface area contributed by atoms with Crippen molar-refractivity contribution in [3.63, 3.8) is 0 Å². The minimum Gasteiger partial charge on any atom is -0.462 e. The van der Waals surface area contributed by atoms with Crippen LogP contribution in [0.2, 0.25) is 0 Å². The average molecular weight is 220 g/mol. The maximum absolute atomic E-state index is 11.3. The molecule has 1 N–H and O–H groups in total. The second-order valence-corrected chi connectivity index (χ2v) is 3.98. The van der Waals surface area contributed by atoms with Crippen LogP contribution in [-0.2, 0) is 4.74 Å². The Hall–Kier alpha value is -1.58. The normalized spacial score (nSPS) is 14.6. The second kappa shape index (κ2) is 4.96. The first kappa shape index (κ1) is 10.9. The molecule has 16 heavy (non-hydrogen) atoms. The Morgan fingerprint density at radius 1 is 1.56 bits per heavy atom. The van der Waals surface area contributed by atoms with E-state index >= 15 is 0 Å². The molecule has 1 fully saturated rings. The Labute approximate surface area is 95.0 Å². The van der Waals surface area contributed by atoms with E-state index in [2.05, 4.69) is 10.3 Å². The minimum absolute atomic E-state index is 0.316. The van der Waals surface area contributed by atoms with Crippen LogP contribution in [0.1, 0.15) is 30.1 Å². The lowest BCUT2D eigenvalue weighted by atomic mass is 10.3. The van der Waals surface area contributed by atoms with Gasteiger partial charge in [0.1, 0.15) is 5.82 Å². The van der Waals surface area contributed by atoms with E-state index in [9.17, 15) is 4.79 Å². The molecular formula is C12H16N2O2. The van der Waals surface area contributed by atoms with E-state index in [1.807, 2.05) is 6.07 Å². The summed E-state index contributed by atoms with van der Waals surface area (Å²) in [5.41, 5.74) is 0.499. The molecule has 86 valence electrons. The van der Waals surface area contributed by atoms with Gasteiger partial charge in [-0.1, -0.05) is 0 Å².